The lowest BCUT2D eigenvalue weighted by atomic mass is 9.92. The molecule has 0 aromatic carbocycles. The topological polar surface area (TPSA) is 64.3 Å². The Morgan fingerprint density at radius 3 is 2.82 bits per heavy atom. The highest BCUT2D eigenvalue weighted by Gasteiger charge is 2.24. The van der Waals surface area contributed by atoms with Gasteiger partial charge in [0.05, 0.1) is 11.3 Å². The molecule has 0 spiro atoms. The maximum absolute atomic E-state index is 11.0. The third-order valence-electron chi connectivity index (χ3n) is 3.05. The Labute approximate surface area is 99.7 Å². The number of carboxylic acids is 1. The smallest absolute Gasteiger partial charge is 0.335 e. The zero-order chi connectivity index (χ0) is 12.4. The van der Waals surface area contributed by atoms with E-state index in [9.17, 15) is 4.79 Å². The minimum absolute atomic E-state index is 0.111. The van der Waals surface area contributed by atoms with Crippen molar-refractivity contribution in [3.8, 4) is 0 Å². The van der Waals surface area contributed by atoms with E-state index in [0.29, 0.717) is 18.8 Å². The molecule has 5 heteroatoms. The van der Waals surface area contributed by atoms with Gasteiger partial charge in [0.1, 0.15) is 0 Å². The number of carboxylic acid groups (broad SMARTS) is 1. The maximum atomic E-state index is 11.0. The monoisotopic (exact) mass is 236 g/mol. The van der Waals surface area contributed by atoms with Crippen LogP contribution < -0.4 is 0 Å². The number of hydrogen-bond donors (Lipinski definition) is 1. The van der Waals surface area contributed by atoms with E-state index in [1.807, 2.05) is 0 Å². The average Bonchev–Trinajstić information content (AvgIpc) is 2.71. The first kappa shape index (κ1) is 11.9. The number of ether oxygens (including phenoxy) is 1. The number of aryl methyl sites for hydroxylation is 1. The minimum Gasteiger partial charge on any atom is -0.478 e. The van der Waals surface area contributed by atoms with E-state index in [0.717, 1.165) is 18.5 Å². The molecule has 0 radical (unpaired) electrons. The third-order valence-corrected chi connectivity index (χ3v) is 3.05. The largest absolute Gasteiger partial charge is 0.478 e. The average molecular weight is 236 g/mol. The van der Waals surface area contributed by atoms with Crippen molar-refractivity contribution in [3.05, 3.63) is 24.0 Å². The quantitative estimate of drug-likeness (QED) is 0.806. The lowest BCUT2D eigenvalue weighted by molar-refractivity contribution is -0.130. The fraction of sp³-hybridized carbons (Fsp3) is 0.500. The van der Waals surface area contributed by atoms with Crippen molar-refractivity contribution in [1.82, 2.24) is 9.78 Å². The van der Waals surface area contributed by atoms with Gasteiger partial charge in [-0.15, -0.1) is 0 Å². The van der Waals surface area contributed by atoms with Gasteiger partial charge < -0.3 is 9.84 Å². The summed E-state index contributed by atoms with van der Waals surface area (Å²) in [4.78, 5) is 11.0. The van der Waals surface area contributed by atoms with Crippen molar-refractivity contribution in [2.75, 3.05) is 13.2 Å². The second-order valence-corrected chi connectivity index (χ2v) is 4.27. The van der Waals surface area contributed by atoms with Crippen LogP contribution in [0.2, 0.25) is 0 Å². The van der Waals surface area contributed by atoms with Crippen LogP contribution in [0.4, 0.5) is 0 Å². The lowest BCUT2D eigenvalue weighted by Crippen LogP contribution is -2.16. The molecule has 1 aliphatic heterocycles. The number of hydrogen-bond acceptors (Lipinski definition) is 3. The highest BCUT2D eigenvalue weighted by molar-refractivity contribution is 6.14. The molecular formula is C12H16N2O3. The van der Waals surface area contributed by atoms with Crippen molar-refractivity contribution < 1.29 is 14.6 Å². The number of nitrogens with zero attached hydrogens (tertiary/aromatic N) is 2. The van der Waals surface area contributed by atoms with Crippen molar-refractivity contribution in [2.24, 2.45) is 7.05 Å². The van der Waals surface area contributed by atoms with Gasteiger partial charge in [-0.2, -0.15) is 5.10 Å². The molecule has 1 aromatic rings. The van der Waals surface area contributed by atoms with Gasteiger partial charge in [-0.1, -0.05) is 6.58 Å². The zero-order valence-electron chi connectivity index (χ0n) is 9.85. The first-order valence-corrected chi connectivity index (χ1v) is 5.63. The van der Waals surface area contributed by atoms with E-state index in [2.05, 4.69) is 11.7 Å². The second-order valence-electron chi connectivity index (χ2n) is 4.27. The van der Waals surface area contributed by atoms with Gasteiger partial charge in [-0.25, -0.2) is 4.79 Å². The molecule has 2 heterocycles. The van der Waals surface area contributed by atoms with Crippen LogP contribution in [-0.2, 0) is 16.6 Å². The van der Waals surface area contributed by atoms with Gasteiger partial charge in [0, 0.05) is 37.9 Å². The Morgan fingerprint density at radius 2 is 2.24 bits per heavy atom. The van der Waals surface area contributed by atoms with Crippen LogP contribution in [0.25, 0.3) is 5.57 Å². The summed E-state index contributed by atoms with van der Waals surface area (Å²) < 4.78 is 6.95. The molecule has 5 nitrogen and oxygen atoms in total. The van der Waals surface area contributed by atoms with Crippen LogP contribution in [-0.4, -0.2) is 34.1 Å². The van der Waals surface area contributed by atoms with Crippen LogP contribution >= 0.6 is 0 Å². The zero-order valence-corrected chi connectivity index (χ0v) is 9.85. The standard InChI is InChI=1S/C12H16N2O3/c1-8(12(15)16)10-7-14(2)13-11(10)9-3-5-17-6-4-9/h7,9H,1,3-6H2,2H3,(H,15,16). The molecule has 1 fully saturated rings. The van der Waals surface area contributed by atoms with Crippen molar-refractivity contribution in [3.63, 3.8) is 0 Å². The molecule has 1 N–H and O–H groups in total. The first-order chi connectivity index (χ1) is 8.09. The summed E-state index contributed by atoms with van der Waals surface area (Å²) in [6.07, 6.45) is 3.50. The molecule has 1 aliphatic rings. The summed E-state index contributed by atoms with van der Waals surface area (Å²) in [5.74, 6) is -0.720. The van der Waals surface area contributed by atoms with E-state index >= 15 is 0 Å². The van der Waals surface area contributed by atoms with Gasteiger partial charge in [-0.3, -0.25) is 4.68 Å². The van der Waals surface area contributed by atoms with Gasteiger partial charge in [0.15, 0.2) is 0 Å². The molecule has 1 saturated heterocycles. The van der Waals surface area contributed by atoms with E-state index in [4.69, 9.17) is 9.84 Å². The van der Waals surface area contributed by atoms with Gasteiger partial charge in [0.25, 0.3) is 0 Å². The second kappa shape index (κ2) is 4.71. The number of aromatic nitrogens is 2. The number of aliphatic carboxylic acids is 1. The van der Waals surface area contributed by atoms with E-state index < -0.39 is 5.97 Å². The normalized spacial score (nSPS) is 17.0. The minimum atomic E-state index is -0.994. The molecular weight excluding hydrogens is 220 g/mol. The summed E-state index contributed by atoms with van der Waals surface area (Å²) in [7, 11) is 1.79. The van der Waals surface area contributed by atoms with Gasteiger partial charge in [0.2, 0.25) is 0 Å². The summed E-state index contributed by atoms with van der Waals surface area (Å²) in [6, 6.07) is 0. The molecule has 0 atom stereocenters. The van der Waals surface area contributed by atoms with Gasteiger partial charge >= 0.3 is 5.97 Å². The van der Waals surface area contributed by atoms with E-state index in [1.54, 1.807) is 17.9 Å². The summed E-state index contributed by atoms with van der Waals surface area (Å²) in [5, 5.41) is 13.4. The Bertz CT molecular complexity index is 445. The summed E-state index contributed by atoms with van der Waals surface area (Å²) >= 11 is 0. The molecule has 0 amide bonds. The van der Waals surface area contributed by atoms with E-state index in [1.165, 1.54) is 0 Å². The predicted molar refractivity (Wildman–Crippen MR) is 62.7 cm³/mol. The summed E-state index contributed by atoms with van der Waals surface area (Å²) in [6.45, 7) is 5.03. The molecule has 0 bridgehead atoms. The molecule has 92 valence electrons. The Morgan fingerprint density at radius 1 is 1.59 bits per heavy atom. The Kier molecular flexibility index (Phi) is 3.28. The molecule has 0 saturated carbocycles. The van der Waals surface area contributed by atoms with Gasteiger partial charge in [-0.05, 0) is 12.8 Å². The molecule has 0 unspecified atom stereocenters. The number of carbonyl (C=O) groups is 1. The van der Waals surface area contributed by atoms with Crippen LogP contribution in [0.5, 0.6) is 0 Å². The lowest BCUT2D eigenvalue weighted by Gasteiger charge is -2.21. The third kappa shape index (κ3) is 2.39. The fourth-order valence-corrected chi connectivity index (χ4v) is 2.13. The molecule has 0 aliphatic carbocycles. The van der Waals surface area contributed by atoms with Crippen molar-refractivity contribution in [2.45, 2.75) is 18.8 Å². The SMILES string of the molecule is C=C(C(=O)O)c1cn(C)nc1C1CCOCC1. The Hall–Kier alpha value is -1.62. The highest BCUT2D eigenvalue weighted by Crippen LogP contribution is 2.31. The molecule has 1 aromatic heterocycles. The number of rotatable bonds is 3. The van der Waals surface area contributed by atoms with E-state index in [-0.39, 0.29) is 11.5 Å². The first-order valence-electron chi connectivity index (χ1n) is 5.63. The molecule has 17 heavy (non-hydrogen) atoms. The predicted octanol–water partition coefficient (Wildman–Crippen LogP) is 1.41. The van der Waals surface area contributed by atoms with Crippen molar-refractivity contribution >= 4 is 11.5 Å². The Balaban J connectivity index is 2.32. The van der Waals surface area contributed by atoms with Crippen LogP contribution in [0.15, 0.2) is 12.8 Å². The van der Waals surface area contributed by atoms with Crippen LogP contribution in [0.3, 0.4) is 0 Å². The van der Waals surface area contributed by atoms with Crippen LogP contribution in [0, 0.1) is 0 Å². The maximum Gasteiger partial charge on any atom is 0.335 e. The fourth-order valence-electron chi connectivity index (χ4n) is 2.13. The highest BCUT2D eigenvalue weighted by atomic mass is 16.5. The van der Waals surface area contributed by atoms with Crippen molar-refractivity contribution in [1.29, 1.82) is 0 Å². The molecule has 2 rings (SSSR count). The summed E-state index contributed by atoms with van der Waals surface area (Å²) in [5.41, 5.74) is 1.59. The van der Waals surface area contributed by atoms with Crippen LogP contribution in [0.1, 0.15) is 30.0 Å².